The van der Waals surface area contributed by atoms with Crippen LogP contribution >= 0.6 is 0 Å². The molecule has 0 atom stereocenters. The van der Waals surface area contributed by atoms with Crippen molar-refractivity contribution in [1.82, 2.24) is 19.1 Å². The van der Waals surface area contributed by atoms with Gasteiger partial charge >= 0.3 is 0 Å². The third-order valence-corrected chi connectivity index (χ3v) is 13.8. The monoisotopic (exact) mass is 862 g/mol. The second kappa shape index (κ2) is 19.4. The highest BCUT2D eigenvalue weighted by Gasteiger charge is 2.17. The molecule has 0 unspecified atom stereocenters. The molecule has 4 nitrogen and oxygen atoms in total. The van der Waals surface area contributed by atoms with Gasteiger partial charge in [0, 0.05) is 56.4 Å². The Morgan fingerprint density at radius 3 is 0.909 bits per heavy atom. The molecular formula is C62H62N4. The Morgan fingerprint density at radius 2 is 0.621 bits per heavy atom. The average molecular weight is 863 g/mol. The minimum absolute atomic E-state index is 0.950. The minimum Gasteiger partial charge on any atom is -0.309 e. The molecule has 0 bridgehead atoms. The highest BCUT2D eigenvalue weighted by atomic mass is 15.0. The lowest BCUT2D eigenvalue weighted by Crippen LogP contribution is -1.95. The van der Waals surface area contributed by atoms with E-state index in [2.05, 4.69) is 182 Å². The van der Waals surface area contributed by atoms with E-state index in [4.69, 9.17) is 9.97 Å². The lowest BCUT2D eigenvalue weighted by atomic mass is 10.0. The van der Waals surface area contributed by atoms with Gasteiger partial charge in [-0.25, -0.2) is 0 Å². The third-order valence-electron chi connectivity index (χ3n) is 13.8. The summed E-state index contributed by atoms with van der Waals surface area (Å²) in [6.07, 6.45) is 18.0. The fraction of sp³-hybridized carbons (Fsp3) is 0.258. The van der Waals surface area contributed by atoms with Gasteiger partial charge < -0.3 is 9.13 Å². The maximum atomic E-state index is 4.86. The molecule has 4 heterocycles. The van der Waals surface area contributed by atoms with Crippen molar-refractivity contribution < 1.29 is 0 Å². The van der Waals surface area contributed by atoms with Crippen LogP contribution in [0.4, 0.5) is 0 Å². The van der Waals surface area contributed by atoms with E-state index in [0.29, 0.717) is 0 Å². The number of fused-ring (bicyclic) bond motifs is 6. The molecular weight excluding hydrogens is 801 g/mol. The smallest absolute Gasteiger partial charge is 0.0708 e. The van der Waals surface area contributed by atoms with Gasteiger partial charge in [-0.1, -0.05) is 102 Å². The molecule has 10 rings (SSSR count). The van der Waals surface area contributed by atoms with Gasteiger partial charge in [0.05, 0.1) is 33.5 Å². The molecule has 0 radical (unpaired) electrons. The zero-order chi connectivity index (χ0) is 45.0. The summed E-state index contributed by atoms with van der Waals surface area (Å²) in [5.74, 6) is 0. The molecule has 0 spiro atoms. The van der Waals surface area contributed by atoms with Gasteiger partial charge in [-0.3, -0.25) is 9.97 Å². The summed E-state index contributed by atoms with van der Waals surface area (Å²) in [4.78, 5) is 9.73. The van der Waals surface area contributed by atoms with E-state index in [1.807, 2.05) is 12.4 Å². The molecule has 4 heteroatoms. The number of nitrogens with zero attached hydrogens (tertiary/aromatic N) is 4. The van der Waals surface area contributed by atoms with Crippen molar-refractivity contribution in [2.45, 2.75) is 105 Å². The summed E-state index contributed by atoms with van der Waals surface area (Å²) >= 11 is 0. The van der Waals surface area contributed by atoms with Gasteiger partial charge in [0.25, 0.3) is 0 Å². The second-order valence-electron chi connectivity index (χ2n) is 18.4. The van der Waals surface area contributed by atoms with E-state index in [-0.39, 0.29) is 0 Å². The highest BCUT2D eigenvalue weighted by Crippen LogP contribution is 2.37. The van der Waals surface area contributed by atoms with Crippen LogP contribution in [-0.4, -0.2) is 19.1 Å². The van der Waals surface area contributed by atoms with Crippen molar-refractivity contribution in [2.24, 2.45) is 0 Å². The molecule has 0 aliphatic carbocycles. The van der Waals surface area contributed by atoms with E-state index in [9.17, 15) is 0 Å². The predicted octanol–water partition coefficient (Wildman–Crippen LogP) is 17.0. The molecule has 0 fully saturated rings. The second-order valence-corrected chi connectivity index (χ2v) is 18.4. The SMILES string of the molecule is CCCCc1ccc2c(c1)c1cc(CCCC)ccc1n2-c1ccc(-c2cc(-c3ccnc(-c4ccc(-n5c6ccc(CCCC)cc6c6cc(CCCC)ccc65)cc4)c3)ccn2)cc1. The van der Waals surface area contributed by atoms with Crippen molar-refractivity contribution in [2.75, 3.05) is 0 Å². The Bertz CT molecular complexity index is 2940. The Balaban J connectivity index is 0.932. The number of benzene rings is 6. The molecule has 0 amide bonds. The third kappa shape index (κ3) is 8.58. The standard InChI is InChI=1S/C62H62N4/c1-5-9-13-43-17-29-59-53(37-43)54-38-44(14-10-6-2)18-30-60(54)65(59)51-25-21-47(22-26-51)57-41-49(33-35-63-57)50-34-36-64-58(42-50)48-23-27-52(28-24-48)66-61-31-19-45(15-11-7-3)39-55(61)56-40-46(16-12-8-4)20-32-62(56)66/h17-42H,5-16H2,1-4H3. The van der Waals surface area contributed by atoms with Crippen LogP contribution in [0.1, 0.15) is 101 Å². The fourth-order valence-electron chi connectivity index (χ4n) is 10.0. The molecule has 10 aromatic rings. The fourth-order valence-corrected chi connectivity index (χ4v) is 10.0. The van der Waals surface area contributed by atoms with Crippen LogP contribution in [0.3, 0.4) is 0 Å². The van der Waals surface area contributed by atoms with Crippen molar-refractivity contribution in [1.29, 1.82) is 0 Å². The van der Waals surface area contributed by atoms with Crippen LogP contribution in [0.2, 0.25) is 0 Å². The first-order valence-corrected chi connectivity index (χ1v) is 24.8. The van der Waals surface area contributed by atoms with Crippen LogP contribution in [-0.2, 0) is 25.7 Å². The van der Waals surface area contributed by atoms with Gasteiger partial charge in [0.1, 0.15) is 0 Å². The van der Waals surface area contributed by atoms with E-state index >= 15 is 0 Å². The lowest BCUT2D eigenvalue weighted by Gasteiger charge is -2.11. The van der Waals surface area contributed by atoms with Gasteiger partial charge in [-0.05, 0) is 182 Å². The number of hydrogen-bond donors (Lipinski definition) is 0. The zero-order valence-corrected chi connectivity index (χ0v) is 39.3. The van der Waals surface area contributed by atoms with E-state index in [1.165, 1.54) is 117 Å². The first kappa shape index (κ1) is 43.1. The Hall–Kier alpha value is -6.78. The number of unbranched alkanes of at least 4 members (excludes halogenated alkanes) is 4. The van der Waals surface area contributed by atoms with Crippen LogP contribution < -0.4 is 0 Å². The van der Waals surface area contributed by atoms with Gasteiger partial charge in [0.15, 0.2) is 0 Å². The molecule has 0 N–H and O–H groups in total. The number of hydrogen-bond acceptors (Lipinski definition) is 2. The van der Waals surface area contributed by atoms with Crippen molar-refractivity contribution in [3.05, 3.63) is 180 Å². The molecule has 0 aliphatic heterocycles. The van der Waals surface area contributed by atoms with Crippen LogP contribution in [0, 0.1) is 0 Å². The Labute approximate surface area is 391 Å². The molecule has 0 aliphatic rings. The maximum Gasteiger partial charge on any atom is 0.0708 e. The molecule has 66 heavy (non-hydrogen) atoms. The largest absolute Gasteiger partial charge is 0.309 e. The number of pyridine rings is 2. The van der Waals surface area contributed by atoms with E-state index in [0.717, 1.165) is 70.7 Å². The summed E-state index contributed by atoms with van der Waals surface area (Å²) in [5, 5.41) is 5.38. The molecule has 0 saturated carbocycles. The van der Waals surface area contributed by atoms with Crippen molar-refractivity contribution >= 4 is 43.6 Å². The quantitative estimate of drug-likeness (QED) is 0.0914. The summed E-state index contributed by atoms with van der Waals surface area (Å²) in [5.41, 5.74) is 19.4. The summed E-state index contributed by atoms with van der Waals surface area (Å²) < 4.78 is 4.88. The topological polar surface area (TPSA) is 35.6 Å². The molecule has 4 aromatic heterocycles. The lowest BCUT2D eigenvalue weighted by molar-refractivity contribution is 0.795. The first-order valence-electron chi connectivity index (χ1n) is 24.8. The van der Waals surface area contributed by atoms with E-state index in [1.54, 1.807) is 0 Å². The van der Waals surface area contributed by atoms with Gasteiger partial charge in [-0.15, -0.1) is 0 Å². The van der Waals surface area contributed by atoms with Crippen molar-refractivity contribution in [3.63, 3.8) is 0 Å². The normalized spacial score (nSPS) is 11.8. The summed E-state index contributed by atoms with van der Waals surface area (Å²) in [6.45, 7) is 9.09. The van der Waals surface area contributed by atoms with Gasteiger partial charge in [0.2, 0.25) is 0 Å². The number of aromatic nitrogens is 4. The predicted molar refractivity (Wildman–Crippen MR) is 281 cm³/mol. The van der Waals surface area contributed by atoms with E-state index < -0.39 is 0 Å². The zero-order valence-electron chi connectivity index (χ0n) is 39.3. The van der Waals surface area contributed by atoms with Crippen molar-refractivity contribution in [3.8, 4) is 45.0 Å². The number of aryl methyl sites for hydroxylation is 4. The molecule has 6 aromatic carbocycles. The average Bonchev–Trinajstić information content (AvgIpc) is 3.87. The summed E-state index contributed by atoms with van der Waals surface area (Å²) in [7, 11) is 0. The maximum absolute atomic E-state index is 4.86. The highest BCUT2D eigenvalue weighted by molar-refractivity contribution is 6.11. The summed E-state index contributed by atoms with van der Waals surface area (Å²) in [6, 6.07) is 54.9. The van der Waals surface area contributed by atoms with Crippen LogP contribution in [0.5, 0.6) is 0 Å². The minimum atomic E-state index is 0.950. The Kier molecular flexibility index (Phi) is 12.7. The first-order chi connectivity index (χ1) is 32.5. The number of rotatable bonds is 17. The molecule has 330 valence electrons. The van der Waals surface area contributed by atoms with Crippen LogP contribution in [0.25, 0.3) is 88.6 Å². The van der Waals surface area contributed by atoms with Gasteiger partial charge in [-0.2, -0.15) is 0 Å². The Morgan fingerprint density at radius 1 is 0.318 bits per heavy atom. The molecule has 0 saturated heterocycles. The van der Waals surface area contributed by atoms with Crippen LogP contribution in [0.15, 0.2) is 158 Å².